The van der Waals surface area contributed by atoms with Gasteiger partial charge < -0.3 is 15.8 Å². The van der Waals surface area contributed by atoms with Gasteiger partial charge in [-0.25, -0.2) is 4.98 Å². The molecule has 5 nitrogen and oxygen atoms in total. The summed E-state index contributed by atoms with van der Waals surface area (Å²) in [5.41, 5.74) is 6.44. The first-order valence-corrected chi connectivity index (χ1v) is 7.14. The molecule has 0 radical (unpaired) electrons. The Balaban J connectivity index is 2.78. The molecule has 0 unspecified atom stereocenters. The van der Waals surface area contributed by atoms with E-state index in [-0.39, 0.29) is 10.9 Å². The Morgan fingerprint density at radius 1 is 1.44 bits per heavy atom. The van der Waals surface area contributed by atoms with Crippen molar-refractivity contribution in [3.63, 3.8) is 0 Å². The quantitative estimate of drug-likeness (QED) is 0.827. The van der Waals surface area contributed by atoms with E-state index >= 15 is 0 Å². The summed E-state index contributed by atoms with van der Waals surface area (Å²) in [7, 11) is 0. The summed E-state index contributed by atoms with van der Waals surface area (Å²) >= 11 is 1.79. The SMILES string of the molecule is CSC(C)(C)CNc1ncnc(OC(C)C)c1N. The van der Waals surface area contributed by atoms with Crippen LogP contribution >= 0.6 is 11.8 Å². The van der Waals surface area contributed by atoms with Crippen LogP contribution < -0.4 is 15.8 Å². The van der Waals surface area contributed by atoms with Gasteiger partial charge in [-0.15, -0.1) is 0 Å². The number of ether oxygens (including phenoxy) is 1. The van der Waals surface area contributed by atoms with Crippen LogP contribution in [0.15, 0.2) is 6.33 Å². The van der Waals surface area contributed by atoms with Crippen molar-refractivity contribution in [3.05, 3.63) is 6.33 Å². The van der Waals surface area contributed by atoms with Crippen LogP contribution in [0.2, 0.25) is 0 Å². The molecule has 18 heavy (non-hydrogen) atoms. The summed E-state index contributed by atoms with van der Waals surface area (Å²) in [5.74, 6) is 1.06. The monoisotopic (exact) mass is 270 g/mol. The second kappa shape index (κ2) is 6.13. The van der Waals surface area contributed by atoms with Crippen molar-refractivity contribution in [1.82, 2.24) is 9.97 Å². The lowest BCUT2D eigenvalue weighted by Crippen LogP contribution is -2.26. The van der Waals surface area contributed by atoms with E-state index in [1.54, 1.807) is 11.8 Å². The van der Waals surface area contributed by atoms with Gasteiger partial charge in [-0.2, -0.15) is 16.7 Å². The molecule has 0 bridgehead atoms. The molecule has 1 aromatic rings. The Bertz CT molecular complexity index is 396. The molecule has 0 spiro atoms. The number of nitrogens with one attached hydrogen (secondary N) is 1. The van der Waals surface area contributed by atoms with Gasteiger partial charge in [0.25, 0.3) is 0 Å². The first-order valence-electron chi connectivity index (χ1n) is 5.92. The minimum Gasteiger partial charge on any atom is -0.473 e. The van der Waals surface area contributed by atoms with E-state index in [9.17, 15) is 0 Å². The van der Waals surface area contributed by atoms with Crippen LogP contribution in [0.1, 0.15) is 27.7 Å². The lowest BCUT2D eigenvalue weighted by Gasteiger charge is -2.23. The summed E-state index contributed by atoms with van der Waals surface area (Å²) < 4.78 is 5.64. The molecule has 0 fully saturated rings. The zero-order chi connectivity index (χ0) is 13.8. The number of thioether (sulfide) groups is 1. The number of rotatable bonds is 6. The zero-order valence-electron chi connectivity index (χ0n) is 11.7. The molecule has 0 saturated carbocycles. The highest BCUT2D eigenvalue weighted by Crippen LogP contribution is 2.27. The van der Waals surface area contributed by atoms with E-state index in [4.69, 9.17) is 10.5 Å². The van der Waals surface area contributed by atoms with E-state index in [0.717, 1.165) is 6.54 Å². The average Bonchev–Trinajstić information content (AvgIpc) is 2.30. The minimum absolute atomic E-state index is 0.0395. The summed E-state index contributed by atoms with van der Waals surface area (Å²) in [6.45, 7) is 8.97. The predicted molar refractivity (Wildman–Crippen MR) is 78.3 cm³/mol. The molecule has 0 saturated heterocycles. The third-order valence-electron chi connectivity index (χ3n) is 2.43. The van der Waals surface area contributed by atoms with E-state index in [2.05, 4.69) is 35.4 Å². The maximum absolute atomic E-state index is 5.98. The summed E-state index contributed by atoms with van der Waals surface area (Å²) in [6.07, 6.45) is 3.58. The Morgan fingerprint density at radius 2 is 2.11 bits per heavy atom. The zero-order valence-corrected chi connectivity index (χ0v) is 12.5. The molecule has 0 amide bonds. The van der Waals surface area contributed by atoms with Crippen molar-refractivity contribution < 1.29 is 4.74 Å². The highest BCUT2D eigenvalue weighted by atomic mass is 32.2. The molecule has 0 aliphatic heterocycles. The van der Waals surface area contributed by atoms with Crippen molar-refractivity contribution >= 4 is 23.3 Å². The van der Waals surface area contributed by atoms with Gasteiger partial charge in [0.2, 0.25) is 5.88 Å². The first-order chi connectivity index (χ1) is 8.35. The number of nitrogens with zero attached hydrogens (tertiary/aromatic N) is 2. The largest absolute Gasteiger partial charge is 0.473 e. The molecule has 6 heteroatoms. The van der Waals surface area contributed by atoms with E-state index in [0.29, 0.717) is 17.4 Å². The van der Waals surface area contributed by atoms with Crippen molar-refractivity contribution in [2.75, 3.05) is 23.9 Å². The van der Waals surface area contributed by atoms with Crippen LogP contribution in [0.25, 0.3) is 0 Å². The van der Waals surface area contributed by atoms with Crippen molar-refractivity contribution in [3.8, 4) is 5.88 Å². The molecule has 1 rings (SSSR count). The average molecular weight is 270 g/mol. The fourth-order valence-corrected chi connectivity index (χ4v) is 1.42. The smallest absolute Gasteiger partial charge is 0.242 e. The maximum atomic E-state index is 5.98. The molecule has 102 valence electrons. The fraction of sp³-hybridized carbons (Fsp3) is 0.667. The Morgan fingerprint density at radius 3 is 2.67 bits per heavy atom. The molecular formula is C12H22N4OS. The van der Waals surface area contributed by atoms with Crippen molar-refractivity contribution in [2.24, 2.45) is 0 Å². The fourth-order valence-electron chi connectivity index (χ4n) is 1.21. The summed E-state index contributed by atoms with van der Waals surface area (Å²) in [6, 6.07) is 0. The van der Waals surface area contributed by atoms with E-state index < -0.39 is 0 Å². The number of hydrogen-bond acceptors (Lipinski definition) is 6. The second-order valence-corrected chi connectivity index (χ2v) is 6.44. The van der Waals surface area contributed by atoms with Gasteiger partial charge in [0.15, 0.2) is 5.82 Å². The molecule has 0 atom stereocenters. The normalized spacial score (nSPS) is 11.7. The number of nitrogen functional groups attached to an aromatic ring is 1. The standard InChI is InChI=1S/C12H22N4OS/c1-8(2)17-11-9(13)10(15-7-16-11)14-6-12(3,4)18-5/h7-8H,6,13H2,1-5H3,(H,14,15,16). The lowest BCUT2D eigenvalue weighted by atomic mass is 10.2. The molecule has 1 heterocycles. The van der Waals surface area contributed by atoms with E-state index in [1.807, 2.05) is 13.8 Å². The van der Waals surface area contributed by atoms with Crippen LogP contribution in [-0.4, -0.2) is 33.6 Å². The molecule has 1 aromatic heterocycles. The van der Waals surface area contributed by atoms with Gasteiger partial charge in [0.05, 0.1) is 6.10 Å². The Kier molecular flexibility index (Phi) is 5.07. The van der Waals surface area contributed by atoms with Crippen LogP contribution in [0.4, 0.5) is 11.5 Å². The molecular weight excluding hydrogens is 248 g/mol. The van der Waals surface area contributed by atoms with E-state index in [1.165, 1.54) is 6.33 Å². The number of anilines is 2. The predicted octanol–water partition coefficient (Wildman–Crippen LogP) is 2.40. The molecule has 3 N–H and O–H groups in total. The van der Waals surface area contributed by atoms with Gasteiger partial charge in [0, 0.05) is 11.3 Å². The van der Waals surface area contributed by atoms with Gasteiger partial charge in [-0.3, -0.25) is 0 Å². The molecule has 0 aromatic carbocycles. The van der Waals surface area contributed by atoms with Gasteiger partial charge >= 0.3 is 0 Å². The van der Waals surface area contributed by atoms with Crippen LogP contribution in [-0.2, 0) is 0 Å². The highest BCUT2D eigenvalue weighted by Gasteiger charge is 2.17. The van der Waals surface area contributed by atoms with Crippen LogP contribution in [0.5, 0.6) is 5.88 Å². The summed E-state index contributed by atoms with van der Waals surface area (Å²) in [4.78, 5) is 8.19. The number of hydrogen-bond donors (Lipinski definition) is 2. The number of aromatic nitrogens is 2. The minimum atomic E-state index is 0.0395. The maximum Gasteiger partial charge on any atom is 0.242 e. The van der Waals surface area contributed by atoms with Gasteiger partial charge in [-0.05, 0) is 34.0 Å². The third-order valence-corrected chi connectivity index (χ3v) is 3.68. The molecule has 0 aliphatic rings. The van der Waals surface area contributed by atoms with Crippen molar-refractivity contribution in [1.29, 1.82) is 0 Å². The highest BCUT2D eigenvalue weighted by molar-refractivity contribution is 7.99. The second-order valence-electron chi connectivity index (χ2n) is 4.93. The first kappa shape index (κ1) is 14.9. The summed E-state index contributed by atoms with van der Waals surface area (Å²) in [5, 5.41) is 3.24. The van der Waals surface area contributed by atoms with Crippen LogP contribution in [0.3, 0.4) is 0 Å². The topological polar surface area (TPSA) is 73.1 Å². The number of nitrogens with two attached hydrogens (primary N) is 1. The van der Waals surface area contributed by atoms with Gasteiger partial charge in [-0.1, -0.05) is 0 Å². The Labute approximate surface area is 113 Å². The van der Waals surface area contributed by atoms with Crippen molar-refractivity contribution in [2.45, 2.75) is 38.5 Å². The molecule has 0 aliphatic carbocycles. The Hall–Kier alpha value is -1.17. The lowest BCUT2D eigenvalue weighted by molar-refractivity contribution is 0.234. The van der Waals surface area contributed by atoms with Crippen LogP contribution in [0, 0.1) is 0 Å². The third kappa shape index (κ3) is 4.25. The van der Waals surface area contributed by atoms with Gasteiger partial charge in [0.1, 0.15) is 12.0 Å².